The van der Waals surface area contributed by atoms with Gasteiger partial charge < -0.3 is 24.1 Å². The van der Waals surface area contributed by atoms with Crippen LogP contribution in [0.3, 0.4) is 0 Å². The first-order valence-corrected chi connectivity index (χ1v) is 9.82. The minimum absolute atomic E-state index is 0.109. The van der Waals surface area contributed by atoms with Gasteiger partial charge in [0, 0.05) is 22.9 Å². The molecule has 1 aromatic carbocycles. The van der Waals surface area contributed by atoms with E-state index in [-0.39, 0.29) is 29.9 Å². The highest BCUT2D eigenvalue weighted by Crippen LogP contribution is 2.34. The lowest BCUT2D eigenvalue weighted by Crippen LogP contribution is -2.34. The van der Waals surface area contributed by atoms with E-state index < -0.39 is 29.8 Å². The summed E-state index contributed by atoms with van der Waals surface area (Å²) >= 11 is 3.24. The van der Waals surface area contributed by atoms with Crippen LogP contribution in [0, 0.1) is 0 Å². The number of aromatic nitrogens is 1. The molecule has 0 spiro atoms. The Labute approximate surface area is 179 Å². The van der Waals surface area contributed by atoms with Gasteiger partial charge in [-0.05, 0) is 61.8 Å². The van der Waals surface area contributed by atoms with Gasteiger partial charge in [-0.25, -0.2) is 9.59 Å². The van der Waals surface area contributed by atoms with E-state index in [2.05, 4.69) is 26.0 Å². The molecule has 0 fully saturated rings. The molecule has 1 aromatic heterocycles. The Hall–Kier alpha value is -2.43. The first kappa shape index (κ1) is 23.8. The van der Waals surface area contributed by atoms with Crippen molar-refractivity contribution < 1.29 is 37.0 Å². The fourth-order valence-electron chi connectivity index (χ4n) is 2.72. The molecule has 0 aliphatic rings. The minimum Gasteiger partial charge on any atom is -0.461 e. The van der Waals surface area contributed by atoms with Crippen LogP contribution in [0.1, 0.15) is 38.2 Å². The Morgan fingerprint density at radius 3 is 2.40 bits per heavy atom. The monoisotopic (exact) mass is 494 g/mol. The van der Waals surface area contributed by atoms with E-state index in [1.165, 1.54) is 12.1 Å². The number of benzene rings is 1. The van der Waals surface area contributed by atoms with Crippen molar-refractivity contribution in [3.63, 3.8) is 0 Å². The van der Waals surface area contributed by atoms with Crippen molar-refractivity contribution in [3.8, 4) is 5.75 Å². The third kappa shape index (κ3) is 6.54. The topological polar surface area (TPSA) is 78.8 Å². The average molecular weight is 495 g/mol. The molecular formula is C19H22BrF3N2O5. The second-order valence-electron chi connectivity index (χ2n) is 7.22. The standard InChI is InChI=1S/C19H22BrF3N2O5/c1-5-28-16(26)14-9-11-8-12(29-19(21,22)23)10-13(20)15(11)25(14)7-6-24-17(27)30-18(2,3)4/h8-10H,5-7H2,1-4H3,(H,24,27). The Bertz CT molecular complexity index is 935. The molecule has 166 valence electrons. The fourth-order valence-corrected chi connectivity index (χ4v) is 3.39. The van der Waals surface area contributed by atoms with Crippen LogP contribution in [0.15, 0.2) is 22.7 Å². The van der Waals surface area contributed by atoms with Crippen LogP contribution in [0.4, 0.5) is 18.0 Å². The van der Waals surface area contributed by atoms with E-state index in [9.17, 15) is 22.8 Å². The van der Waals surface area contributed by atoms with Crippen molar-refractivity contribution in [2.45, 2.75) is 46.2 Å². The lowest BCUT2D eigenvalue weighted by molar-refractivity contribution is -0.274. The van der Waals surface area contributed by atoms with Gasteiger partial charge >= 0.3 is 18.4 Å². The van der Waals surface area contributed by atoms with Crippen molar-refractivity contribution in [1.82, 2.24) is 9.88 Å². The molecular weight excluding hydrogens is 473 g/mol. The zero-order valence-corrected chi connectivity index (χ0v) is 18.4. The number of ether oxygens (including phenoxy) is 3. The first-order chi connectivity index (χ1) is 13.8. The number of carbonyl (C=O) groups excluding carboxylic acids is 2. The number of hydrogen-bond acceptors (Lipinski definition) is 5. The highest BCUT2D eigenvalue weighted by Gasteiger charge is 2.32. The number of esters is 1. The molecule has 0 radical (unpaired) electrons. The van der Waals surface area contributed by atoms with Crippen LogP contribution in [0.25, 0.3) is 10.9 Å². The van der Waals surface area contributed by atoms with Crippen molar-refractivity contribution in [2.75, 3.05) is 13.2 Å². The van der Waals surface area contributed by atoms with E-state index in [0.29, 0.717) is 10.9 Å². The quantitative estimate of drug-likeness (QED) is 0.571. The van der Waals surface area contributed by atoms with Crippen molar-refractivity contribution in [1.29, 1.82) is 0 Å². The van der Waals surface area contributed by atoms with E-state index in [1.807, 2.05) is 0 Å². The van der Waals surface area contributed by atoms with Gasteiger partial charge in [0.1, 0.15) is 17.0 Å². The number of nitrogens with zero attached hydrogens (tertiary/aromatic N) is 1. The summed E-state index contributed by atoms with van der Waals surface area (Å²) in [5.74, 6) is -1.07. The van der Waals surface area contributed by atoms with Gasteiger partial charge in [0.15, 0.2) is 0 Å². The molecule has 2 aromatic rings. The van der Waals surface area contributed by atoms with Gasteiger partial charge in [-0.3, -0.25) is 0 Å². The molecule has 1 N–H and O–H groups in total. The highest BCUT2D eigenvalue weighted by molar-refractivity contribution is 9.10. The largest absolute Gasteiger partial charge is 0.573 e. The number of alkyl halides is 3. The molecule has 0 aliphatic carbocycles. The SMILES string of the molecule is CCOC(=O)c1cc2cc(OC(F)(F)F)cc(Br)c2n1CCNC(=O)OC(C)(C)C. The molecule has 1 heterocycles. The summed E-state index contributed by atoms with van der Waals surface area (Å²) in [6, 6.07) is 3.74. The summed E-state index contributed by atoms with van der Waals surface area (Å²) in [5.41, 5.74) is -0.0839. The smallest absolute Gasteiger partial charge is 0.461 e. The van der Waals surface area contributed by atoms with Crippen LogP contribution >= 0.6 is 15.9 Å². The Morgan fingerprint density at radius 2 is 1.83 bits per heavy atom. The summed E-state index contributed by atoms with van der Waals surface area (Å²) in [6.07, 6.45) is -5.48. The number of amides is 1. The van der Waals surface area contributed by atoms with Crippen LogP contribution in [-0.2, 0) is 16.0 Å². The lowest BCUT2D eigenvalue weighted by Gasteiger charge is -2.20. The second-order valence-corrected chi connectivity index (χ2v) is 8.08. The third-order valence-electron chi connectivity index (χ3n) is 3.64. The summed E-state index contributed by atoms with van der Waals surface area (Å²) in [6.45, 7) is 7.20. The van der Waals surface area contributed by atoms with Gasteiger partial charge in [0.2, 0.25) is 0 Å². The number of halogens is 4. The number of hydrogen-bond donors (Lipinski definition) is 1. The fraction of sp³-hybridized carbons (Fsp3) is 0.474. The highest BCUT2D eigenvalue weighted by atomic mass is 79.9. The average Bonchev–Trinajstić information content (AvgIpc) is 2.91. The van der Waals surface area contributed by atoms with E-state index in [0.717, 1.165) is 6.07 Å². The van der Waals surface area contributed by atoms with Gasteiger partial charge in [-0.1, -0.05) is 0 Å². The third-order valence-corrected chi connectivity index (χ3v) is 4.25. The molecule has 0 saturated heterocycles. The summed E-state index contributed by atoms with van der Waals surface area (Å²) < 4.78 is 53.7. The summed E-state index contributed by atoms with van der Waals surface area (Å²) in [5, 5.41) is 2.92. The van der Waals surface area contributed by atoms with Gasteiger partial charge in [0.05, 0.1) is 12.1 Å². The molecule has 11 heteroatoms. The van der Waals surface area contributed by atoms with Crippen LogP contribution in [0.2, 0.25) is 0 Å². The number of fused-ring (bicyclic) bond motifs is 1. The number of alkyl carbamates (subject to hydrolysis) is 1. The number of rotatable bonds is 6. The molecule has 0 bridgehead atoms. The van der Waals surface area contributed by atoms with E-state index in [4.69, 9.17) is 9.47 Å². The van der Waals surface area contributed by atoms with Gasteiger partial charge in [-0.15, -0.1) is 13.2 Å². The first-order valence-electron chi connectivity index (χ1n) is 9.03. The normalized spacial score (nSPS) is 12.0. The number of nitrogens with one attached hydrogen (secondary N) is 1. The molecule has 0 atom stereocenters. The maximum Gasteiger partial charge on any atom is 0.573 e. The van der Waals surface area contributed by atoms with E-state index >= 15 is 0 Å². The summed E-state index contributed by atoms with van der Waals surface area (Å²) in [4.78, 5) is 24.2. The predicted molar refractivity (Wildman–Crippen MR) is 107 cm³/mol. The summed E-state index contributed by atoms with van der Waals surface area (Å²) in [7, 11) is 0. The minimum atomic E-state index is -4.85. The van der Waals surface area contributed by atoms with Gasteiger partial charge in [-0.2, -0.15) is 0 Å². The van der Waals surface area contributed by atoms with Crippen LogP contribution < -0.4 is 10.1 Å². The molecule has 2 rings (SSSR count). The molecule has 0 saturated carbocycles. The Kier molecular flexibility index (Phi) is 7.27. The predicted octanol–water partition coefficient (Wildman–Crippen LogP) is 5.00. The van der Waals surface area contributed by atoms with Crippen molar-refractivity contribution >= 4 is 38.9 Å². The molecule has 7 nitrogen and oxygen atoms in total. The number of carbonyl (C=O) groups is 2. The van der Waals surface area contributed by atoms with Crippen LogP contribution in [-0.4, -0.2) is 41.7 Å². The maximum absolute atomic E-state index is 12.6. The Balaban J connectivity index is 2.36. The van der Waals surface area contributed by atoms with Crippen LogP contribution in [0.5, 0.6) is 5.75 Å². The maximum atomic E-state index is 12.6. The lowest BCUT2D eigenvalue weighted by atomic mass is 10.2. The molecule has 1 amide bonds. The molecule has 30 heavy (non-hydrogen) atoms. The molecule has 0 unspecified atom stereocenters. The Morgan fingerprint density at radius 1 is 1.17 bits per heavy atom. The van der Waals surface area contributed by atoms with E-state index in [1.54, 1.807) is 32.3 Å². The van der Waals surface area contributed by atoms with Crippen molar-refractivity contribution in [3.05, 3.63) is 28.4 Å². The van der Waals surface area contributed by atoms with Gasteiger partial charge in [0.25, 0.3) is 0 Å². The van der Waals surface area contributed by atoms with Crippen molar-refractivity contribution in [2.24, 2.45) is 0 Å². The zero-order valence-electron chi connectivity index (χ0n) is 16.9. The second kappa shape index (κ2) is 9.15. The molecule has 0 aliphatic heterocycles. The zero-order chi connectivity index (χ0) is 22.7.